The Morgan fingerprint density at radius 3 is 2.12 bits per heavy atom. The molecule has 17 heavy (non-hydrogen) atoms. The van der Waals surface area contributed by atoms with E-state index in [0.29, 0.717) is 0 Å². The van der Waals surface area contributed by atoms with Gasteiger partial charge in [0.05, 0.1) is 18.2 Å². The molecule has 0 saturated carbocycles. The second-order valence-electron chi connectivity index (χ2n) is 5.41. The molecule has 0 aliphatic heterocycles. The molecule has 3 heteroatoms. The van der Waals surface area contributed by atoms with E-state index < -0.39 is 5.54 Å². The number of benzene rings is 1. The average molecular weight is 237 g/mol. The molecule has 96 valence electrons. The highest BCUT2D eigenvalue weighted by molar-refractivity contribution is 5.19. The number of aliphatic hydroxyl groups is 1. The average Bonchev–Trinajstić information content (AvgIpc) is 2.30. The van der Waals surface area contributed by atoms with Crippen LogP contribution >= 0.6 is 0 Å². The van der Waals surface area contributed by atoms with E-state index in [4.69, 9.17) is 0 Å². The lowest BCUT2D eigenvalue weighted by Gasteiger charge is -2.39. The molecule has 0 fully saturated rings. The van der Waals surface area contributed by atoms with Crippen molar-refractivity contribution in [1.29, 1.82) is 0 Å². The largest absolute Gasteiger partial charge is 0.394 e. The van der Waals surface area contributed by atoms with Crippen molar-refractivity contribution in [2.75, 3.05) is 6.61 Å². The molecule has 0 radical (unpaired) electrons. The Morgan fingerprint density at radius 2 is 1.71 bits per heavy atom. The summed E-state index contributed by atoms with van der Waals surface area (Å²) in [6, 6.07) is 9.77. The molecule has 1 atom stereocenters. The topological polar surface area (TPSA) is 43.7 Å². The minimum atomic E-state index is -0.648. The quantitative estimate of drug-likeness (QED) is 0.774. The summed E-state index contributed by atoms with van der Waals surface area (Å²) in [4.78, 5) is 0. The monoisotopic (exact) mass is 237 g/mol. The molecule has 0 saturated heterocycles. The Hall–Kier alpha value is -0.900. The molecular weight excluding hydrogens is 214 g/mol. The van der Waals surface area contributed by atoms with Crippen LogP contribution in [0.5, 0.6) is 0 Å². The molecule has 1 aromatic carbocycles. The summed E-state index contributed by atoms with van der Waals surface area (Å²) < 4.78 is 0. The highest BCUT2D eigenvalue weighted by atomic mass is 16.5. The van der Waals surface area contributed by atoms with Crippen LogP contribution in [0.1, 0.15) is 39.3 Å². The number of nitrogens with zero attached hydrogens (tertiary/aromatic N) is 1. The van der Waals surface area contributed by atoms with E-state index in [1.807, 2.05) is 44.2 Å². The minimum Gasteiger partial charge on any atom is -0.394 e. The van der Waals surface area contributed by atoms with Gasteiger partial charge in [0.15, 0.2) is 0 Å². The van der Waals surface area contributed by atoms with Crippen molar-refractivity contribution in [2.24, 2.45) is 5.92 Å². The molecule has 0 heterocycles. The van der Waals surface area contributed by atoms with Gasteiger partial charge in [-0.05, 0) is 25.3 Å². The van der Waals surface area contributed by atoms with Crippen molar-refractivity contribution in [2.45, 2.75) is 39.3 Å². The van der Waals surface area contributed by atoms with Crippen molar-refractivity contribution in [3.8, 4) is 0 Å². The van der Waals surface area contributed by atoms with Gasteiger partial charge in [0.25, 0.3) is 0 Å². The van der Waals surface area contributed by atoms with E-state index in [9.17, 15) is 10.3 Å². The predicted octanol–water partition coefficient (Wildman–Crippen LogP) is 2.85. The van der Waals surface area contributed by atoms with Crippen molar-refractivity contribution in [3.05, 3.63) is 35.9 Å². The summed E-state index contributed by atoms with van der Waals surface area (Å²) in [5.74, 6) is 0.258. The first-order chi connectivity index (χ1) is 7.90. The van der Waals surface area contributed by atoms with Crippen LogP contribution in [0, 0.1) is 5.92 Å². The second kappa shape index (κ2) is 5.63. The third kappa shape index (κ3) is 3.28. The van der Waals surface area contributed by atoms with Gasteiger partial charge in [-0.3, -0.25) is 0 Å². The maximum absolute atomic E-state index is 10.3. The van der Waals surface area contributed by atoms with Crippen molar-refractivity contribution >= 4 is 0 Å². The maximum atomic E-state index is 10.3. The van der Waals surface area contributed by atoms with Gasteiger partial charge in [0.1, 0.15) is 0 Å². The molecule has 0 bridgehead atoms. The van der Waals surface area contributed by atoms with Crippen LogP contribution in [0.4, 0.5) is 0 Å². The summed E-state index contributed by atoms with van der Waals surface area (Å²) in [6.45, 7) is 7.69. The zero-order valence-corrected chi connectivity index (χ0v) is 11.1. The molecule has 0 aromatic heterocycles. The third-order valence-electron chi connectivity index (χ3n) is 3.04. The Morgan fingerprint density at radius 1 is 1.18 bits per heavy atom. The summed E-state index contributed by atoms with van der Waals surface area (Å²) in [6.07, 6.45) is 0. The summed E-state index contributed by atoms with van der Waals surface area (Å²) in [5, 5.41) is 20.9. The number of rotatable bonds is 5. The molecule has 0 aliphatic rings. The van der Waals surface area contributed by atoms with Crippen LogP contribution in [0.2, 0.25) is 0 Å². The number of hydroxylamine groups is 2. The maximum Gasteiger partial charge on any atom is 0.0641 e. The predicted molar refractivity (Wildman–Crippen MR) is 68.8 cm³/mol. The van der Waals surface area contributed by atoms with Gasteiger partial charge >= 0.3 is 0 Å². The molecule has 0 spiro atoms. The Balaban J connectivity index is 3.03. The highest BCUT2D eigenvalue weighted by Crippen LogP contribution is 2.32. The van der Waals surface area contributed by atoms with Gasteiger partial charge < -0.3 is 10.3 Å². The summed E-state index contributed by atoms with van der Waals surface area (Å²) in [7, 11) is 0. The lowest BCUT2D eigenvalue weighted by atomic mass is 9.92. The molecule has 0 amide bonds. The van der Waals surface area contributed by atoms with Gasteiger partial charge in [0.2, 0.25) is 0 Å². The van der Waals surface area contributed by atoms with Crippen LogP contribution in [-0.2, 0) is 0 Å². The van der Waals surface area contributed by atoms with Gasteiger partial charge in [-0.15, -0.1) is 0 Å². The lowest BCUT2D eigenvalue weighted by molar-refractivity contribution is -0.214. The zero-order chi connectivity index (χ0) is 13.1. The van der Waals surface area contributed by atoms with Crippen molar-refractivity contribution in [3.63, 3.8) is 0 Å². The smallest absolute Gasteiger partial charge is 0.0641 e. The highest BCUT2D eigenvalue weighted by Gasteiger charge is 2.33. The van der Waals surface area contributed by atoms with Crippen molar-refractivity contribution in [1.82, 2.24) is 5.06 Å². The van der Waals surface area contributed by atoms with Crippen LogP contribution in [0.3, 0.4) is 0 Å². The summed E-state index contributed by atoms with van der Waals surface area (Å²) >= 11 is 0. The standard InChI is InChI=1S/C14H23NO2/c1-11(2)13(12-8-6-5-7-9-12)15(17)14(3,4)10-16/h5-9,11,13,16-17H,10H2,1-4H3. The Bertz CT molecular complexity index is 335. The van der Waals surface area contributed by atoms with E-state index in [2.05, 4.69) is 13.8 Å². The van der Waals surface area contributed by atoms with E-state index in [0.717, 1.165) is 5.56 Å². The van der Waals surface area contributed by atoms with Gasteiger partial charge in [0, 0.05) is 0 Å². The molecule has 1 rings (SSSR count). The first-order valence-corrected chi connectivity index (χ1v) is 6.04. The number of aliphatic hydroxyl groups excluding tert-OH is 1. The first-order valence-electron chi connectivity index (χ1n) is 6.04. The number of hydrogen-bond acceptors (Lipinski definition) is 3. The minimum absolute atomic E-state index is 0.0838. The summed E-state index contributed by atoms with van der Waals surface area (Å²) in [5.41, 5.74) is 0.414. The van der Waals surface area contributed by atoms with E-state index >= 15 is 0 Å². The van der Waals surface area contributed by atoms with Gasteiger partial charge in [-0.25, -0.2) is 0 Å². The zero-order valence-electron chi connectivity index (χ0n) is 11.1. The van der Waals surface area contributed by atoms with Crippen LogP contribution in [0.25, 0.3) is 0 Å². The first kappa shape index (κ1) is 14.2. The van der Waals surface area contributed by atoms with Gasteiger partial charge in [-0.2, -0.15) is 5.06 Å². The SMILES string of the molecule is CC(C)C(c1ccccc1)N(O)C(C)(C)CO. The van der Waals surface area contributed by atoms with Crippen molar-refractivity contribution < 1.29 is 10.3 Å². The molecule has 1 unspecified atom stereocenters. The van der Waals surface area contributed by atoms with Crippen LogP contribution < -0.4 is 0 Å². The lowest BCUT2D eigenvalue weighted by Crippen LogP contribution is -2.48. The van der Waals surface area contributed by atoms with Crippen LogP contribution in [0.15, 0.2) is 30.3 Å². The molecule has 1 aromatic rings. The van der Waals surface area contributed by atoms with Crippen LogP contribution in [-0.4, -0.2) is 27.5 Å². The fourth-order valence-electron chi connectivity index (χ4n) is 1.91. The molecule has 3 nitrogen and oxygen atoms in total. The van der Waals surface area contributed by atoms with E-state index in [1.165, 1.54) is 5.06 Å². The molecule has 2 N–H and O–H groups in total. The fraction of sp³-hybridized carbons (Fsp3) is 0.571. The van der Waals surface area contributed by atoms with E-state index in [1.54, 1.807) is 0 Å². The Labute approximate surface area is 104 Å². The normalized spacial score (nSPS) is 14.4. The fourth-order valence-corrected chi connectivity index (χ4v) is 1.91. The van der Waals surface area contributed by atoms with E-state index in [-0.39, 0.29) is 18.6 Å². The Kier molecular flexibility index (Phi) is 4.69. The second-order valence-corrected chi connectivity index (χ2v) is 5.41. The molecular formula is C14H23NO2. The number of hydrogen-bond donors (Lipinski definition) is 2. The van der Waals surface area contributed by atoms with Gasteiger partial charge in [-0.1, -0.05) is 44.2 Å². The third-order valence-corrected chi connectivity index (χ3v) is 3.04. The molecule has 0 aliphatic carbocycles.